The van der Waals surface area contributed by atoms with Gasteiger partial charge in [0.05, 0.1) is 0 Å². The number of aliphatic hydroxyl groups is 1. The van der Waals surface area contributed by atoms with Gasteiger partial charge in [0, 0.05) is 6.61 Å². The van der Waals surface area contributed by atoms with Crippen molar-refractivity contribution in [1.29, 1.82) is 0 Å². The van der Waals surface area contributed by atoms with E-state index in [4.69, 9.17) is 5.11 Å². The maximum absolute atomic E-state index is 8.07. The van der Waals surface area contributed by atoms with Crippen molar-refractivity contribution in [2.45, 2.75) is 94.1 Å². The fraction of sp³-hybridized carbons (Fsp3) is 1.00. The Morgan fingerprint density at radius 2 is 1.11 bits per heavy atom. The van der Waals surface area contributed by atoms with Gasteiger partial charge in [-0.25, -0.2) is 0 Å². The molecule has 0 unspecified atom stereocenters. The Balaban J connectivity index is 0. The zero-order valence-electron chi connectivity index (χ0n) is 13.3. The molecule has 1 nitrogen and oxygen atoms in total. The summed E-state index contributed by atoms with van der Waals surface area (Å²) in [4.78, 5) is 0. The Bertz CT molecular complexity index is 106. The van der Waals surface area contributed by atoms with Gasteiger partial charge >= 0.3 is 20.4 Å². The topological polar surface area (TPSA) is 20.2 Å². The summed E-state index contributed by atoms with van der Waals surface area (Å²) >= 11 is 0.361. The zero-order valence-corrected chi connectivity index (χ0v) is 14.8. The highest BCUT2D eigenvalue weighted by Gasteiger charge is 1.95. The summed E-state index contributed by atoms with van der Waals surface area (Å²) in [5.74, 6) is 0. The van der Waals surface area contributed by atoms with Crippen molar-refractivity contribution < 1.29 is 5.11 Å². The Hall–Kier alpha value is 0.726. The molecule has 108 valence electrons. The van der Waals surface area contributed by atoms with Gasteiger partial charge in [0.15, 0.2) is 0 Å². The van der Waals surface area contributed by atoms with E-state index in [0.717, 1.165) is 12.8 Å². The molecular weight excluding hydrogens is 232 g/mol. The lowest BCUT2D eigenvalue weighted by Crippen LogP contribution is -1.89. The molecule has 0 radical (unpaired) electrons. The molecule has 0 spiro atoms. The van der Waals surface area contributed by atoms with Gasteiger partial charge in [-0.1, -0.05) is 78.6 Å². The average Bonchev–Trinajstić information content (AvgIpc) is 2.39. The quantitative estimate of drug-likeness (QED) is 0.368. The van der Waals surface area contributed by atoms with Crippen molar-refractivity contribution in [3.05, 3.63) is 0 Å². The van der Waals surface area contributed by atoms with E-state index < -0.39 is 0 Å². The Labute approximate surface area is 126 Å². The molecule has 0 aliphatic carbocycles. The highest BCUT2D eigenvalue weighted by Crippen LogP contribution is 2.08. The van der Waals surface area contributed by atoms with Crippen molar-refractivity contribution in [3.8, 4) is 0 Å². The van der Waals surface area contributed by atoms with E-state index in [1.54, 1.807) is 15.5 Å². The van der Waals surface area contributed by atoms with Crippen molar-refractivity contribution in [2.75, 3.05) is 6.61 Å². The molecule has 0 fully saturated rings. The van der Waals surface area contributed by atoms with Crippen LogP contribution < -0.4 is 0 Å². The molecule has 0 aromatic carbocycles. The molecule has 0 rings (SSSR count). The van der Waals surface area contributed by atoms with E-state index in [9.17, 15) is 0 Å². The van der Waals surface area contributed by atoms with Crippen molar-refractivity contribution in [1.82, 2.24) is 0 Å². The van der Waals surface area contributed by atoms with Crippen LogP contribution in [0.3, 0.4) is 0 Å². The molecule has 2 heteroatoms. The lowest BCUT2D eigenvalue weighted by Gasteiger charge is -1.99. The van der Waals surface area contributed by atoms with Crippen LogP contribution in [0.5, 0.6) is 0 Å². The molecule has 0 aromatic rings. The molecule has 0 saturated carbocycles. The minimum atomic E-state index is 0.344. The van der Waals surface area contributed by atoms with Gasteiger partial charge < -0.3 is 5.11 Å². The average molecular weight is 269 g/mol. The highest BCUT2D eigenvalue weighted by molar-refractivity contribution is 6.35. The van der Waals surface area contributed by atoms with Crippen LogP contribution in [-0.4, -0.2) is 32.1 Å². The maximum atomic E-state index is 8.07. The first kappa shape index (κ1) is 21.0. The molecular formula is C16H36MgO. The van der Waals surface area contributed by atoms with Crippen molar-refractivity contribution in [2.24, 2.45) is 0 Å². The fourth-order valence-corrected chi connectivity index (χ4v) is 3.81. The summed E-state index contributed by atoms with van der Waals surface area (Å²) in [7, 11) is 0. The fourth-order valence-electron chi connectivity index (χ4n) is 1.90. The van der Waals surface area contributed by atoms with E-state index in [0.29, 0.717) is 27.0 Å². The highest BCUT2D eigenvalue weighted by atomic mass is 24.5. The molecule has 0 amide bonds. The number of hydrogen-bond acceptors (Lipinski definition) is 1. The molecule has 0 aromatic heterocycles. The third kappa shape index (κ3) is 25.5. The molecule has 0 aliphatic rings. The van der Waals surface area contributed by atoms with E-state index in [2.05, 4.69) is 20.8 Å². The largest absolute Gasteiger partial charge is 0.396 e. The number of hydrogen-bond donors (Lipinski definition) is 1. The monoisotopic (exact) mass is 268 g/mol. The van der Waals surface area contributed by atoms with Gasteiger partial charge in [-0.2, -0.15) is 0 Å². The second-order valence-corrected chi connectivity index (χ2v) is 7.38. The summed E-state index contributed by atoms with van der Waals surface area (Å²) in [6, 6.07) is 0. The summed E-state index contributed by atoms with van der Waals surface area (Å²) < 4.78 is 3.22. The third-order valence-electron chi connectivity index (χ3n) is 3.22. The first-order chi connectivity index (χ1) is 8.83. The summed E-state index contributed by atoms with van der Waals surface area (Å²) in [5, 5.41) is 8.07. The number of aliphatic hydroxyl groups excluding tert-OH is 1. The minimum absolute atomic E-state index is 0.344. The standard InChI is InChI=1S/C8H17.C4H10O.C4H9.Mg/c1-3-5-7-8-6-4-2;1-2-3-4-5;1-3-4-2;/h1,3-8H2,2H3;5H,2-4H2,1H3;1,3-4H2,2H3;. The predicted molar refractivity (Wildman–Crippen MR) is 85.6 cm³/mol. The van der Waals surface area contributed by atoms with E-state index in [1.165, 1.54) is 44.9 Å². The van der Waals surface area contributed by atoms with Crippen LogP contribution in [0.25, 0.3) is 0 Å². The van der Waals surface area contributed by atoms with Gasteiger partial charge in [0.25, 0.3) is 0 Å². The van der Waals surface area contributed by atoms with Gasteiger partial charge in [-0.15, -0.1) is 9.10 Å². The lowest BCUT2D eigenvalue weighted by atomic mass is 10.1. The second kappa shape index (κ2) is 22.9. The molecule has 0 bridgehead atoms. The normalized spacial score (nSPS) is 9.56. The third-order valence-corrected chi connectivity index (χ3v) is 5.22. The second-order valence-electron chi connectivity index (χ2n) is 5.26. The first-order valence-corrected chi connectivity index (χ1v) is 10.4. The molecule has 0 saturated heterocycles. The molecule has 0 atom stereocenters. The van der Waals surface area contributed by atoms with Gasteiger partial charge in [-0.3, -0.25) is 0 Å². The van der Waals surface area contributed by atoms with Crippen molar-refractivity contribution in [3.63, 3.8) is 0 Å². The summed E-state index contributed by atoms with van der Waals surface area (Å²) in [5.41, 5.74) is 0. The minimum Gasteiger partial charge on any atom is -0.396 e. The van der Waals surface area contributed by atoms with E-state index in [-0.39, 0.29) is 0 Å². The number of rotatable bonds is 12. The molecule has 0 heterocycles. The molecule has 18 heavy (non-hydrogen) atoms. The Kier molecular flexibility index (Phi) is 26.7. The van der Waals surface area contributed by atoms with Crippen LogP contribution in [0, 0.1) is 0 Å². The lowest BCUT2D eigenvalue weighted by molar-refractivity contribution is 0.287. The summed E-state index contributed by atoms with van der Waals surface area (Å²) in [6.45, 7) is 6.99. The molecule has 0 aliphatic heterocycles. The van der Waals surface area contributed by atoms with Crippen LogP contribution in [0.1, 0.15) is 85.0 Å². The number of unbranched alkanes of at least 4 members (excludes halogenated alkanes) is 7. The van der Waals surface area contributed by atoms with Gasteiger partial charge in [0.1, 0.15) is 0 Å². The first-order valence-electron chi connectivity index (χ1n) is 8.44. The predicted octanol–water partition coefficient (Wildman–Crippen LogP) is 5.47. The summed E-state index contributed by atoms with van der Waals surface area (Å²) in [6.07, 6.45) is 13.8. The van der Waals surface area contributed by atoms with Crippen LogP contribution in [0.15, 0.2) is 0 Å². The Morgan fingerprint density at radius 1 is 0.611 bits per heavy atom. The van der Waals surface area contributed by atoms with Crippen molar-refractivity contribution >= 4 is 20.4 Å². The smallest absolute Gasteiger partial charge is 0.364 e. The van der Waals surface area contributed by atoms with Gasteiger partial charge in [0.2, 0.25) is 0 Å². The maximum Gasteiger partial charge on any atom is 0.364 e. The van der Waals surface area contributed by atoms with E-state index in [1.807, 2.05) is 0 Å². The van der Waals surface area contributed by atoms with Crippen LogP contribution in [0.4, 0.5) is 0 Å². The van der Waals surface area contributed by atoms with Gasteiger partial charge in [-0.05, 0) is 6.42 Å². The van der Waals surface area contributed by atoms with Crippen LogP contribution in [0.2, 0.25) is 9.10 Å². The van der Waals surface area contributed by atoms with E-state index >= 15 is 0 Å². The molecule has 1 N–H and O–H groups in total. The zero-order chi connectivity index (χ0) is 13.9. The van der Waals surface area contributed by atoms with Crippen LogP contribution >= 0.6 is 0 Å². The van der Waals surface area contributed by atoms with Crippen LogP contribution in [-0.2, 0) is 0 Å². The Morgan fingerprint density at radius 3 is 1.61 bits per heavy atom. The SMILES string of the molecule is CCCCCCC[CH2][Mg][CH2]CCC.CCCCO.